The summed E-state index contributed by atoms with van der Waals surface area (Å²) >= 11 is 0. The number of nitrogens with zero attached hydrogens (tertiary/aromatic N) is 2. The lowest BCUT2D eigenvalue weighted by Crippen LogP contribution is -2.66. The topological polar surface area (TPSA) is 59.6 Å². The van der Waals surface area contributed by atoms with Crippen LogP contribution in [-0.4, -0.2) is 36.4 Å². The van der Waals surface area contributed by atoms with E-state index in [4.69, 9.17) is 0 Å². The molecule has 6 heteroatoms. The van der Waals surface area contributed by atoms with Gasteiger partial charge in [-0.3, -0.25) is 20.0 Å². The van der Waals surface area contributed by atoms with Gasteiger partial charge < -0.3 is 5.32 Å². The number of hydrogen-bond donors (Lipinski definition) is 3. The predicted molar refractivity (Wildman–Crippen MR) is 101 cm³/mol. The zero-order chi connectivity index (χ0) is 17.8. The van der Waals surface area contributed by atoms with Crippen molar-refractivity contribution in [1.29, 1.82) is 0 Å². The number of amides is 1. The van der Waals surface area contributed by atoms with Gasteiger partial charge in [-0.05, 0) is 62.1 Å². The van der Waals surface area contributed by atoms with Crippen LogP contribution < -0.4 is 21.1 Å². The van der Waals surface area contributed by atoms with E-state index in [2.05, 4.69) is 46.9 Å². The van der Waals surface area contributed by atoms with Crippen LogP contribution in [0.3, 0.4) is 0 Å². The van der Waals surface area contributed by atoms with Gasteiger partial charge in [-0.25, -0.2) is 5.43 Å². The van der Waals surface area contributed by atoms with Gasteiger partial charge in [-0.15, -0.1) is 0 Å². The fraction of sp³-hybridized carbons (Fsp3) is 0.550. The Labute approximate surface area is 154 Å². The summed E-state index contributed by atoms with van der Waals surface area (Å²) < 4.78 is 0. The molecule has 5 rings (SSSR count). The highest BCUT2D eigenvalue weighted by molar-refractivity contribution is 5.97. The van der Waals surface area contributed by atoms with E-state index in [0.717, 1.165) is 30.3 Å². The van der Waals surface area contributed by atoms with E-state index in [1.165, 1.54) is 42.4 Å². The van der Waals surface area contributed by atoms with E-state index < -0.39 is 0 Å². The molecule has 0 bridgehead atoms. The Morgan fingerprint density at radius 1 is 1.08 bits per heavy atom. The monoisotopic (exact) mass is 353 g/mol. The first-order valence-corrected chi connectivity index (χ1v) is 9.79. The van der Waals surface area contributed by atoms with Gasteiger partial charge in [0.1, 0.15) is 12.5 Å². The Morgan fingerprint density at radius 3 is 2.42 bits per heavy atom. The molecule has 3 fully saturated rings. The van der Waals surface area contributed by atoms with E-state index in [0.29, 0.717) is 0 Å². The number of nitrogens with one attached hydrogen (secondary N) is 3. The number of aryl methyl sites for hydroxylation is 2. The van der Waals surface area contributed by atoms with Crippen molar-refractivity contribution in [2.24, 2.45) is 0 Å². The molecule has 3 heterocycles. The second kappa shape index (κ2) is 6.08. The van der Waals surface area contributed by atoms with Crippen molar-refractivity contribution in [1.82, 2.24) is 21.0 Å². The first kappa shape index (κ1) is 16.3. The van der Waals surface area contributed by atoms with Crippen LogP contribution in [0.1, 0.15) is 48.3 Å². The van der Waals surface area contributed by atoms with Gasteiger partial charge in [0.25, 0.3) is 5.91 Å². The van der Waals surface area contributed by atoms with Crippen molar-refractivity contribution in [3.8, 4) is 0 Å². The number of carbonyl (C=O) groups excluding carboxylic acids is 1. The Kier molecular flexibility index (Phi) is 3.81. The second-order valence-corrected chi connectivity index (χ2v) is 8.08. The van der Waals surface area contributed by atoms with Gasteiger partial charge in [-0.2, -0.15) is 0 Å². The highest BCUT2D eigenvalue weighted by Crippen LogP contribution is 2.42. The van der Waals surface area contributed by atoms with Crippen molar-refractivity contribution in [3.63, 3.8) is 0 Å². The maximum Gasteiger partial charge on any atom is 0.254 e. The molecule has 2 atom stereocenters. The molecule has 1 amide bonds. The Morgan fingerprint density at radius 2 is 1.77 bits per heavy atom. The summed E-state index contributed by atoms with van der Waals surface area (Å²) in [4.78, 5) is 14.9. The molecule has 0 aromatic heterocycles. The predicted octanol–water partition coefficient (Wildman–Crippen LogP) is 1.81. The smallest absolute Gasteiger partial charge is 0.254 e. The van der Waals surface area contributed by atoms with Crippen LogP contribution in [0.25, 0.3) is 0 Å². The average Bonchev–Trinajstić information content (AvgIpc) is 3.14. The molecule has 2 unspecified atom stereocenters. The highest BCUT2D eigenvalue weighted by atomic mass is 16.2. The largest absolute Gasteiger partial charge is 0.324 e. The normalized spacial score (nSPS) is 28.9. The second-order valence-electron chi connectivity index (χ2n) is 8.08. The average molecular weight is 353 g/mol. The summed E-state index contributed by atoms with van der Waals surface area (Å²) in [5, 5.41) is 8.67. The van der Waals surface area contributed by atoms with Crippen LogP contribution in [0, 0.1) is 13.8 Å². The summed E-state index contributed by atoms with van der Waals surface area (Å²) in [5.74, 6) is 0.771. The molecule has 1 saturated carbocycles. The molecule has 3 aliphatic heterocycles. The van der Waals surface area contributed by atoms with E-state index in [-0.39, 0.29) is 18.4 Å². The number of fused-ring (bicyclic) bond motifs is 1. The van der Waals surface area contributed by atoms with Crippen LogP contribution >= 0.6 is 0 Å². The first-order valence-electron chi connectivity index (χ1n) is 9.79. The van der Waals surface area contributed by atoms with Crippen LogP contribution in [-0.2, 0) is 4.79 Å². The van der Waals surface area contributed by atoms with Crippen LogP contribution in [0.15, 0.2) is 23.9 Å². The Hall–Kier alpha value is -1.89. The molecule has 138 valence electrons. The molecule has 6 nitrogen and oxygen atoms in total. The van der Waals surface area contributed by atoms with Crippen molar-refractivity contribution in [2.75, 3.05) is 18.1 Å². The minimum atomic E-state index is -0.142. The number of hydrazine groups is 1. The van der Waals surface area contributed by atoms with Crippen LogP contribution in [0.4, 0.5) is 5.69 Å². The van der Waals surface area contributed by atoms with E-state index >= 15 is 0 Å². The van der Waals surface area contributed by atoms with Gasteiger partial charge in [-0.1, -0.05) is 12.1 Å². The summed E-state index contributed by atoms with van der Waals surface area (Å²) in [6.07, 6.45) is 6.75. The minimum Gasteiger partial charge on any atom is -0.324 e. The molecule has 26 heavy (non-hydrogen) atoms. The highest BCUT2D eigenvalue weighted by Gasteiger charge is 2.39. The lowest BCUT2D eigenvalue weighted by molar-refractivity contribution is -0.121. The summed E-state index contributed by atoms with van der Waals surface area (Å²) in [6, 6.07) is 4.62. The molecule has 1 aromatic rings. The SMILES string of the molecule is Cc1cc(C2CC2)cc(C)c1N1C=C2C(=O)NC(N3CCCC3)NC2N1. The minimum absolute atomic E-state index is 0.0190. The molecule has 1 aliphatic carbocycles. The van der Waals surface area contributed by atoms with Crippen molar-refractivity contribution in [2.45, 2.75) is 57.9 Å². The third kappa shape index (κ3) is 2.73. The van der Waals surface area contributed by atoms with Crippen molar-refractivity contribution in [3.05, 3.63) is 40.6 Å². The Balaban J connectivity index is 1.39. The third-order valence-electron chi connectivity index (χ3n) is 6.01. The van der Waals surface area contributed by atoms with Crippen molar-refractivity contribution >= 4 is 11.6 Å². The number of anilines is 1. The zero-order valence-corrected chi connectivity index (χ0v) is 15.5. The lowest BCUT2D eigenvalue weighted by atomic mass is 10.0. The van der Waals surface area contributed by atoms with E-state index in [1.54, 1.807) is 0 Å². The number of benzene rings is 1. The molecule has 1 aromatic carbocycles. The number of rotatable bonds is 3. The molecular weight excluding hydrogens is 326 g/mol. The standard InChI is InChI=1S/C20H27N5O/c1-12-9-15(14-5-6-14)10-13(2)17(12)25-11-16-18(23-25)21-20(22-19(16)26)24-7-3-4-8-24/h9-11,14,18,20-21,23H,3-8H2,1-2H3,(H,22,26). The number of carbonyl (C=O) groups is 1. The maximum atomic E-state index is 12.6. The van der Waals surface area contributed by atoms with Crippen LogP contribution in [0.2, 0.25) is 0 Å². The summed E-state index contributed by atoms with van der Waals surface area (Å²) in [7, 11) is 0. The van der Waals surface area contributed by atoms with E-state index in [9.17, 15) is 4.79 Å². The lowest BCUT2D eigenvalue weighted by Gasteiger charge is -2.36. The van der Waals surface area contributed by atoms with Gasteiger partial charge in [0.15, 0.2) is 0 Å². The van der Waals surface area contributed by atoms with Crippen molar-refractivity contribution < 1.29 is 4.79 Å². The number of hydrogen-bond acceptors (Lipinski definition) is 5. The first-order chi connectivity index (χ1) is 12.6. The quantitative estimate of drug-likeness (QED) is 0.774. The molecule has 0 spiro atoms. The van der Waals surface area contributed by atoms with Gasteiger partial charge in [0, 0.05) is 19.3 Å². The van der Waals surface area contributed by atoms with E-state index in [1.807, 2.05) is 11.2 Å². The maximum absolute atomic E-state index is 12.6. The number of likely N-dealkylation sites (tertiary alicyclic amines) is 1. The molecule has 3 N–H and O–H groups in total. The molecular formula is C20H27N5O. The molecule has 0 radical (unpaired) electrons. The molecule has 4 aliphatic rings. The fourth-order valence-electron chi connectivity index (χ4n) is 4.53. The fourth-order valence-corrected chi connectivity index (χ4v) is 4.53. The van der Waals surface area contributed by atoms with Gasteiger partial charge in [0.2, 0.25) is 0 Å². The zero-order valence-electron chi connectivity index (χ0n) is 15.5. The summed E-state index contributed by atoms with van der Waals surface area (Å²) in [6.45, 7) is 6.40. The Bertz CT molecular complexity index is 755. The summed E-state index contributed by atoms with van der Waals surface area (Å²) in [5.41, 5.74) is 9.36. The van der Waals surface area contributed by atoms with Gasteiger partial charge in [0.05, 0.1) is 11.3 Å². The molecule has 2 saturated heterocycles. The third-order valence-corrected chi connectivity index (χ3v) is 6.01. The van der Waals surface area contributed by atoms with Gasteiger partial charge >= 0.3 is 0 Å². The van der Waals surface area contributed by atoms with Crippen LogP contribution in [0.5, 0.6) is 0 Å².